The summed E-state index contributed by atoms with van der Waals surface area (Å²) in [4.78, 5) is 12.0. The molecule has 1 aliphatic rings. The van der Waals surface area contributed by atoms with E-state index in [0.29, 0.717) is 16.4 Å². The summed E-state index contributed by atoms with van der Waals surface area (Å²) in [5, 5.41) is 21.5. The van der Waals surface area contributed by atoms with Crippen molar-refractivity contribution in [1.82, 2.24) is 0 Å². The Morgan fingerprint density at radius 1 is 1.25 bits per heavy atom. The summed E-state index contributed by atoms with van der Waals surface area (Å²) in [6, 6.07) is 4.77. The third kappa shape index (κ3) is 4.87. The first-order chi connectivity index (χ1) is 15.1. The monoisotopic (exact) mass is 680 g/mol. The number of hydrogen-bond donors (Lipinski definition) is 4. The quantitative estimate of drug-likeness (QED) is 0.0953. The number of aliphatic hydroxyl groups excluding tert-OH is 2. The number of halogens is 5. The van der Waals surface area contributed by atoms with Crippen molar-refractivity contribution >= 4 is 62.6 Å². The molecule has 0 heterocycles. The summed E-state index contributed by atoms with van der Waals surface area (Å²) in [6.07, 6.45) is -0.607. The summed E-state index contributed by atoms with van der Waals surface area (Å²) in [5.41, 5.74) is -1.05. The average molecular weight is 680 g/mol. The summed E-state index contributed by atoms with van der Waals surface area (Å²) in [7, 11) is 1.18. The van der Waals surface area contributed by atoms with Gasteiger partial charge in [0.1, 0.15) is 0 Å². The van der Waals surface area contributed by atoms with Crippen molar-refractivity contribution in [2.45, 2.75) is 28.8 Å². The van der Waals surface area contributed by atoms with Gasteiger partial charge in [0, 0.05) is 0 Å². The maximum atomic E-state index is 14.8. The molecule has 12 heteroatoms. The first-order valence-corrected chi connectivity index (χ1v) is 14.7. The maximum absolute atomic E-state index is 14.8. The molecule has 0 radical (unpaired) electrons. The van der Waals surface area contributed by atoms with Crippen LogP contribution in [0.25, 0.3) is 0 Å². The van der Waals surface area contributed by atoms with E-state index < -0.39 is 58.0 Å². The number of benzene rings is 2. The molecule has 0 bridgehead atoms. The first-order valence-electron chi connectivity index (χ1n) is 9.37. The summed E-state index contributed by atoms with van der Waals surface area (Å²) in [5.74, 6) is -3.67. The molecule has 0 amide bonds. The van der Waals surface area contributed by atoms with Crippen molar-refractivity contribution in [3.63, 3.8) is 0 Å². The molecule has 0 aromatic heterocycles. The van der Waals surface area contributed by atoms with Gasteiger partial charge in [-0.25, -0.2) is 0 Å². The Morgan fingerprint density at radius 2 is 1.94 bits per heavy atom. The molecule has 0 saturated heterocycles. The third-order valence-corrected chi connectivity index (χ3v) is 12.8. The van der Waals surface area contributed by atoms with Gasteiger partial charge in [-0.15, -0.1) is 0 Å². The van der Waals surface area contributed by atoms with Crippen molar-refractivity contribution in [2.75, 3.05) is 22.6 Å². The van der Waals surface area contributed by atoms with Crippen LogP contribution in [0.4, 0.5) is 30.2 Å². The summed E-state index contributed by atoms with van der Waals surface area (Å²) < 4.78 is 64.6. The molecule has 2 aromatic carbocycles. The second kappa shape index (κ2) is 9.77. The van der Waals surface area contributed by atoms with Gasteiger partial charge in [-0.05, 0) is 0 Å². The van der Waals surface area contributed by atoms with Gasteiger partial charge < -0.3 is 0 Å². The molecule has 1 saturated carbocycles. The molecule has 3 rings (SSSR count). The topological polar surface area (TPSA) is 108 Å². The zero-order chi connectivity index (χ0) is 23.7. The number of ether oxygens (including phenoxy) is 1. The Bertz CT molecular complexity index is 1080. The predicted octanol–water partition coefficient (Wildman–Crippen LogP) is 4.64. The molecule has 2 aromatic rings. The van der Waals surface area contributed by atoms with Crippen LogP contribution in [0.3, 0.4) is 0 Å². The fourth-order valence-electron chi connectivity index (χ4n) is 3.28. The number of methoxy groups -OCH3 is 1. The van der Waals surface area contributed by atoms with Crippen LogP contribution in [0, 0.1) is 21.0 Å². The standard InChI is InChI=1S/C20H21F3I2N2O5/c1-32-16-7-14(22)17(23)19(26-15-3-2-11(24)6-13(15)21)18(16)27-25(31,10-29)20(4-5-20)8-12(30)9-28/h2-3,6-7,10,12,26,28,30H,4-5,8-9H2,1H3,(H,27,31). The van der Waals surface area contributed by atoms with Gasteiger partial charge in [0.25, 0.3) is 0 Å². The Morgan fingerprint density at radius 3 is 2.47 bits per heavy atom. The second-order valence-electron chi connectivity index (χ2n) is 7.30. The molecule has 1 aliphatic carbocycles. The van der Waals surface area contributed by atoms with E-state index in [9.17, 15) is 26.1 Å². The van der Waals surface area contributed by atoms with Crippen LogP contribution < -0.4 is 13.6 Å². The molecule has 0 aliphatic heterocycles. The zero-order valence-electron chi connectivity index (χ0n) is 16.8. The number of anilines is 3. The van der Waals surface area contributed by atoms with Crippen LogP contribution in [0.2, 0.25) is 0 Å². The van der Waals surface area contributed by atoms with Crippen LogP contribution in [-0.2, 0) is 7.86 Å². The van der Waals surface area contributed by atoms with Crippen LogP contribution in [0.5, 0.6) is 5.75 Å². The van der Waals surface area contributed by atoms with Gasteiger partial charge >= 0.3 is 201 Å². The summed E-state index contributed by atoms with van der Waals surface area (Å²) in [6.45, 7) is -0.578. The Labute approximate surface area is 200 Å². The van der Waals surface area contributed by atoms with Gasteiger partial charge in [0.2, 0.25) is 0 Å². The van der Waals surface area contributed by atoms with Gasteiger partial charge in [0.15, 0.2) is 0 Å². The Balaban J connectivity index is 2.09. The predicted molar refractivity (Wildman–Crippen MR) is 130 cm³/mol. The van der Waals surface area contributed by atoms with E-state index in [2.05, 4.69) is 8.85 Å². The fraction of sp³-hybridized carbons (Fsp3) is 0.350. The van der Waals surface area contributed by atoms with Gasteiger partial charge in [-0.3, -0.25) is 0 Å². The van der Waals surface area contributed by atoms with Crippen molar-refractivity contribution in [3.05, 3.63) is 45.3 Å². The van der Waals surface area contributed by atoms with E-state index in [4.69, 9.17) is 9.84 Å². The molecule has 32 heavy (non-hydrogen) atoms. The molecule has 2 unspecified atom stereocenters. The van der Waals surface area contributed by atoms with Crippen LogP contribution in [0.15, 0.2) is 24.3 Å². The molecule has 0 spiro atoms. The first kappa shape index (κ1) is 25.1. The van der Waals surface area contributed by atoms with Crippen LogP contribution in [-0.4, -0.2) is 37.7 Å². The van der Waals surface area contributed by atoms with Crippen molar-refractivity contribution in [1.29, 1.82) is 0 Å². The van der Waals surface area contributed by atoms with Gasteiger partial charge in [-0.1, -0.05) is 0 Å². The van der Waals surface area contributed by atoms with E-state index >= 15 is 0 Å². The number of carbonyl (C=O) groups excluding carboxylic acids is 1. The number of hydrogen-bond acceptors (Lipinski definition) is 6. The van der Waals surface area contributed by atoms with Gasteiger partial charge in [-0.2, -0.15) is 0 Å². The Kier molecular flexibility index (Phi) is 7.66. The van der Waals surface area contributed by atoms with Crippen molar-refractivity contribution < 1.29 is 36.0 Å². The number of carbonyl (C=O) groups is 1. The molecular weight excluding hydrogens is 659 g/mol. The minimum atomic E-state index is -4.91. The number of rotatable bonds is 10. The molecular formula is C20H21F3I2N2O5. The second-order valence-corrected chi connectivity index (χ2v) is 15.1. The van der Waals surface area contributed by atoms with Crippen molar-refractivity contribution in [2.24, 2.45) is 0 Å². The van der Waals surface area contributed by atoms with E-state index in [1.807, 2.05) is 22.6 Å². The van der Waals surface area contributed by atoms with Crippen LogP contribution in [0.1, 0.15) is 19.3 Å². The molecule has 4 N–H and O–H groups in total. The SMILES string of the molecule is COc1cc(F)c(F)c(Nc2ccc(I)cc2F)c1NI(=O)(C=O)C1(CC(O)CO)CC1. The number of aliphatic hydroxyl groups is 2. The van der Waals surface area contributed by atoms with Crippen molar-refractivity contribution in [3.8, 4) is 5.75 Å². The molecule has 1 fully saturated rings. The molecule has 7 nitrogen and oxygen atoms in total. The van der Waals surface area contributed by atoms with Crippen LogP contribution >= 0.6 is 41.3 Å². The zero-order valence-corrected chi connectivity index (χ0v) is 21.1. The average Bonchev–Trinajstić information content (AvgIpc) is 3.55. The van der Waals surface area contributed by atoms with E-state index in [1.54, 1.807) is 6.07 Å². The molecule has 176 valence electrons. The molecule has 2 atom stereocenters. The van der Waals surface area contributed by atoms with Gasteiger partial charge in [0.05, 0.1) is 0 Å². The van der Waals surface area contributed by atoms with E-state index in [-0.39, 0.29) is 27.8 Å². The Hall–Kier alpha value is -1.52. The van der Waals surface area contributed by atoms with E-state index in [1.165, 1.54) is 19.2 Å². The number of alkyl halides is 1. The number of nitrogens with one attached hydrogen (secondary N) is 2. The fourth-order valence-corrected chi connectivity index (χ4v) is 9.34. The third-order valence-electron chi connectivity index (χ3n) is 5.15. The van der Waals surface area contributed by atoms with E-state index in [0.717, 1.165) is 6.07 Å². The minimum absolute atomic E-state index is 0.101. The normalized spacial score (nSPS) is 18.2. The summed E-state index contributed by atoms with van der Waals surface area (Å²) >= 11 is -3.02.